The molecular formula is C15H22N2OS. The normalized spacial score (nSPS) is 17.8. The summed E-state index contributed by atoms with van der Waals surface area (Å²) in [6, 6.07) is 9.74. The molecule has 1 aromatic rings. The predicted octanol–water partition coefficient (Wildman–Crippen LogP) is 1.96. The summed E-state index contributed by atoms with van der Waals surface area (Å²) in [6.45, 7) is 0.756. The number of rotatable bonds is 7. The van der Waals surface area contributed by atoms with E-state index in [9.17, 15) is 4.79 Å². The third kappa shape index (κ3) is 4.25. The number of hydrogen-bond acceptors (Lipinski definition) is 3. The van der Waals surface area contributed by atoms with Crippen LogP contribution in [0.15, 0.2) is 30.3 Å². The molecular weight excluding hydrogens is 256 g/mol. The van der Waals surface area contributed by atoms with Crippen molar-refractivity contribution in [3.63, 3.8) is 0 Å². The molecule has 1 atom stereocenters. The van der Waals surface area contributed by atoms with Gasteiger partial charge in [0.05, 0.1) is 6.04 Å². The van der Waals surface area contributed by atoms with Crippen molar-refractivity contribution in [2.45, 2.75) is 36.5 Å². The Hall–Kier alpha value is -1.00. The van der Waals surface area contributed by atoms with Crippen LogP contribution in [-0.4, -0.2) is 29.5 Å². The fourth-order valence-corrected chi connectivity index (χ4v) is 2.80. The van der Waals surface area contributed by atoms with Gasteiger partial charge in [-0.25, -0.2) is 0 Å². The predicted molar refractivity (Wildman–Crippen MR) is 81.2 cm³/mol. The van der Waals surface area contributed by atoms with Crippen LogP contribution < -0.4 is 11.1 Å². The van der Waals surface area contributed by atoms with Crippen LogP contribution in [0.3, 0.4) is 0 Å². The van der Waals surface area contributed by atoms with Crippen LogP contribution >= 0.6 is 11.8 Å². The number of amides is 1. The van der Waals surface area contributed by atoms with Crippen LogP contribution in [0.5, 0.6) is 0 Å². The van der Waals surface area contributed by atoms with Crippen LogP contribution in [0.4, 0.5) is 0 Å². The lowest BCUT2D eigenvalue weighted by Gasteiger charge is -2.16. The molecule has 1 fully saturated rings. The van der Waals surface area contributed by atoms with Crippen molar-refractivity contribution in [2.24, 2.45) is 5.73 Å². The summed E-state index contributed by atoms with van der Waals surface area (Å²) in [5.41, 5.74) is 7.17. The fourth-order valence-electron chi connectivity index (χ4n) is 2.07. The van der Waals surface area contributed by atoms with E-state index in [2.05, 4.69) is 23.7 Å². The molecule has 1 aromatic carbocycles. The number of hydrogen-bond donors (Lipinski definition) is 2. The Morgan fingerprint density at radius 2 is 2.11 bits per heavy atom. The number of benzene rings is 1. The standard InChI is InChI=1S/C15H22N2OS/c1-19-15(9-10-15)11-17-14(18)13(16)8-7-12-5-3-2-4-6-12/h2-6,13H,7-11,16H2,1H3,(H,17,18)/t13-/m0/s1. The highest BCUT2D eigenvalue weighted by atomic mass is 32.2. The molecule has 3 nitrogen and oxygen atoms in total. The summed E-state index contributed by atoms with van der Waals surface area (Å²) in [6.07, 6.45) is 6.06. The van der Waals surface area contributed by atoms with Gasteiger partial charge in [0, 0.05) is 11.3 Å². The largest absolute Gasteiger partial charge is 0.353 e. The van der Waals surface area contributed by atoms with E-state index in [-0.39, 0.29) is 5.91 Å². The van der Waals surface area contributed by atoms with E-state index in [1.807, 2.05) is 30.0 Å². The maximum atomic E-state index is 11.9. The Morgan fingerprint density at radius 1 is 1.42 bits per heavy atom. The van der Waals surface area contributed by atoms with Crippen LogP contribution in [0.2, 0.25) is 0 Å². The summed E-state index contributed by atoms with van der Waals surface area (Å²) in [5.74, 6) is -0.0174. The van der Waals surface area contributed by atoms with Gasteiger partial charge in [-0.2, -0.15) is 11.8 Å². The lowest BCUT2D eigenvalue weighted by Crippen LogP contribution is -2.43. The van der Waals surface area contributed by atoms with E-state index in [0.717, 1.165) is 13.0 Å². The van der Waals surface area contributed by atoms with Gasteiger partial charge >= 0.3 is 0 Å². The molecule has 2 rings (SSSR count). The molecule has 0 heterocycles. The van der Waals surface area contributed by atoms with Crippen LogP contribution in [0.1, 0.15) is 24.8 Å². The summed E-state index contributed by atoms with van der Waals surface area (Å²) in [4.78, 5) is 11.9. The Labute approximate surface area is 119 Å². The maximum Gasteiger partial charge on any atom is 0.236 e. The first-order chi connectivity index (χ1) is 9.15. The van der Waals surface area contributed by atoms with Gasteiger partial charge in [0.15, 0.2) is 0 Å². The van der Waals surface area contributed by atoms with Crippen molar-refractivity contribution in [1.29, 1.82) is 0 Å². The number of thioether (sulfide) groups is 1. The summed E-state index contributed by atoms with van der Waals surface area (Å²) < 4.78 is 0.300. The van der Waals surface area contributed by atoms with Crippen LogP contribution in [0.25, 0.3) is 0 Å². The Bertz CT molecular complexity index is 417. The number of nitrogens with one attached hydrogen (secondary N) is 1. The summed E-state index contributed by atoms with van der Waals surface area (Å²) in [7, 11) is 0. The Morgan fingerprint density at radius 3 is 2.68 bits per heavy atom. The first-order valence-corrected chi connectivity index (χ1v) is 8.00. The zero-order valence-electron chi connectivity index (χ0n) is 11.4. The van der Waals surface area contributed by atoms with Gasteiger partial charge < -0.3 is 11.1 Å². The molecule has 1 aliphatic carbocycles. The summed E-state index contributed by atoms with van der Waals surface area (Å²) in [5, 5.41) is 2.99. The van der Waals surface area contributed by atoms with Crippen molar-refractivity contribution in [1.82, 2.24) is 5.32 Å². The van der Waals surface area contributed by atoms with E-state index in [4.69, 9.17) is 5.73 Å². The lowest BCUT2D eigenvalue weighted by atomic mass is 10.1. The number of nitrogens with two attached hydrogens (primary N) is 1. The van der Waals surface area contributed by atoms with Crippen molar-refractivity contribution >= 4 is 17.7 Å². The number of carbonyl (C=O) groups is 1. The molecule has 4 heteroatoms. The van der Waals surface area contributed by atoms with Gasteiger partial charge in [-0.15, -0.1) is 0 Å². The van der Waals surface area contributed by atoms with Gasteiger partial charge in [-0.05, 0) is 37.5 Å². The van der Waals surface area contributed by atoms with Crippen molar-refractivity contribution in [2.75, 3.05) is 12.8 Å². The van der Waals surface area contributed by atoms with Crippen molar-refractivity contribution < 1.29 is 4.79 Å². The molecule has 0 radical (unpaired) electrons. The van der Waals surface area contributed by atoms with Crippen molar-refractivity contribution in [3.8, 4) is 0 Å². The highest BCUT2D eigenvalue weighted by Gasteiger charge is 2.42. The van der Waals surface area contributed by atoms with Gasteiger partial charge in [0.25, 0.3) is 0 Å². The topological polar surface area (TPSA) is 55.1 Å². The average molecular weight is 278 g/mol. The van der Waals surface area contributed by atoms with Crippen molar-refractivity contribution in [3.05, 3.63) is 35.9 Å². The third-order valence-electron chi connectivity index (χ3n) is 3.75. The van der Waals surface area contributed by atoms with E-state index in [1.165, 1.54) is 18.4 Å². The molecule has 0 aromatic heterocycles. The number of aryl methyl sites for hydroxylation is 1. The molecule has 104 valence electrons. The average Bonchev–Trinajstić information content (AvgIpc) is 3.24. The molecule has 0 aliphatic heterocycles. The first-order valence-electron chi connectivity index (χ1n) is 6.78. The second-order valence-corrected chi connectivity index (χ2v) is 6.51. The molecule has 1 aliphatic rings. The second kappa shape index (κ2) is 6.44. The molecule has 0 unspecified atom stereocenters. The van der Waals surface area contributed by atoms with E-state index < -0.39 is 6.04 Å². The highest BCUT2D eigenvalue weighted by Crippen LogP contribution is 2.46. The van der Waals surface area contributed by atoms with Gasteiger partial charge in [-0.3, -0.25) is 4.79 Å². The quantitative estimate of drug-likeness (QED) is 0.801. The van der Waals surface area contributed by atoms with Crippen LogP contribution in [-0.2, 0) is 11.2 Å². The molecule has 19 heavy (non-hydrogen) atoms. The molecule has 0 saturated heterocycles. The lowest BCUT2D eigenvalue weighted by molar-refractivity contribution is -0.122. The molecule has 1 amide bonds. The number of carbonyl (C=O) groups excluding carboxylic acids is 1. The van der Waals surface area contributed by atoms with E-state index in [0.29, 0.717) is 11.2 Å². The maximum absolute atomic E-state index is 11.9. The monoisotopic (exact) mass is 278 g/mol. The first kappa shape index (κ1) is 14.4. The Balaban J connectivity index is 1.70. The minimum Gasteiger partial charge on any atom is -0.353 e. The minimum atomic E-state index is -0.405. The van der Waals surface area contributed by atoms with Gasteiger partial charge in [-0.1, -0.05) is 30.3 Å². The zero-order chi connectivity index (χ0) is 13.7. The van der Waals surface area contributed by atoms with Gasteiger partial charge in [0.1, 0.15) is 0 Å². The second-order valence-electron chi connectivity index (χ2n) is 5.24. The molecule has 0 spiro atoms. The SMILES string of the molecule is CSC1(CNC(=O)[C@@H](N)CCc2ccccc2)CC1. The van der Waals surface area contributed by atoms with E-state index >= 15 is 0 Å². The Kier molecular flexibility index (Phi) is 4.88. The molecule has 3 N–H and O–H groups in total. The highest BCUT2D eigenvalue weighted by molar-refractivity contribution is 8.00. The van der Waals surface area contributed by atoms with Crippen LogP contribution in [0, 0.1) is 0 Å². The zero-order valence-corrected chi connectivity index (χ0v) is 12.2. The smallest absolute Gasteiger partial charge is 0.236 e. The fraction of sp³-hybridized carbons (Fsp3) is 0.533. The molecule has 0 bridgehead atoms. The van der Waals surface area contributed by atoms with E-state index in [1.54, 1.807) is 0 Å². The minimum absolute atomic E-state index is 0.0174. The molecule has 1 saturated carbocycles. The van der Waals surface area contributed by atoms with Gasteiger partial charge in [0.2, 0.25) is 5.91 Å². The third-order valence-corrected chi connectivity index (χ3v) is 5.17. The summed E-state index contributed by atoms with van der Waals surface area (Å²) >= 11 is 1.85.